The second-order valence-corrected chi connectivity index (χ2v) is 4.07. The van der Waals surface area contributed by atoms with Gasteiger partial charge in [-0.05, 0) is 19.3 Å². The average molecular weight is 215 g/mol. The molecule has 4 heteroatoms. The second kappa shape index (κ2) is 6.20. The summed E-state index contributed by atoms with van der Waals surface area (Å²) in [5.41, 5.74) is 5.33. The summed E-state index contributed by atoms with van der Waals surface area (Å²) >= 11 is 0. The van der Waals surface area contributed by atoms with Crippen molar-refractivity contribution in [2.45, 2.75) is 26.2 Å². The van der Waals surface area contributed by atoms with Crippen LogP contribution in [-0.4, -0.2) is 38.8 Å². The van der Waals surface area contributed by atoms with Crippen molar-refractivity contribution >= 4 is 5.78 Å². The quantitative estimate of drug-likeness (QED) is 0.664. The van der Waals surface area contributed by atoms with Crippen LogP contribution in [0.4, 0.5) is 0 Å². The molecule has 0 aromatic heterocycles. The van der Waals surface area contributed by atoms with Crippen molar-refractivity contribution in [2.24, 2.45) is 11.1 Å². The van der Waals surface area contributed by atoms with Gasteiger partial charge in [0, 0.05) is 31.8 Å². The number of rotatable bonds is 6. The lowest BCUT2D eigenvalue weighted by Gasteiger charge is -2.34. The monoisotopic (exact) mass is 215 g/mol. The number of ether oxygens (including phenoxy) is 2. The summed E-state index contributed by atoms with van der Waals surface area (Å²) in [6.45, 7) is 4.55. The molecule has 1 fully saturated rings. The molecular formula is C11H21NO3. The SMILES string of the molecule is CCCOCC(=O)C1(CN)CCOCC1. The number of hydrogen-bond acceptors (Lipinski definition) is 4. The van der Waals surface area contributed by atoms with E-state index in [1.54, 1.807) is 0 Å². The number of hydrogen-bond donors (Lipinski definition) is 1. The molecule has 0 bridgehead atoms. The number of Topliss-reactive ketones (excluding diaryl/α,β-unsaturated/α-hetero) is 1. The first-order valence-electron chi connectivity index (χ1n) is 5.64. The molecule has 4 nitrogen and oxygen atoms in total. The van der Waals surface area contributed by atoms with Gasteiger partial charge in [-0.3, -0.25) is 4.79 Å². The predicted octanol–water partition coefficient (Wildman–Crippen LogP) is 0.738. The zero-order valence-electron chi connectivity index (χ0n) is 9.46. The van der Waals surface area contributed by atoms with E-state index >= 15 is 0 Å². The van der Waals surface area contributed by atoms with Gasteiger partial charge in [-0.2, -0.15) is 0 Å². The fourth-order valence-electron chi connectivity index (χ4n) is 1.82. The Labute approximate surface area is 91.1 Å². The molecule has 88 valence electrons. The van der Waals surface area contributed by atoms with E-state index in [1.807, 2.05) is 6.92 Å². The van der Waals surface area contributed by atoms with E-state index in [1.165, 1.54) is 0 Å². The van der Waals surface area contributed by atoms with E-state index in [9.17, 15) is 4.79 Å². The van der Waals surface area contributed by atoms with E-state index in [0.717, 1.165) is 19.3 Å². The van der Waals surface area contributed by atoms with E-state index in [-0.39, 0.29) is 17.8 Å². The molecule has 1 rings (SSSR count). The van der Waals surface area contributed by atoms with Crippen LogP contribution in [0.2, 0.25) is 0 Å². The third-order valence-electron chi connectivity index (χ3n) is 3.01. The Morgan fingerprint density at radius 1 is 1.47 bits per heavy atom. The molecule has 1 heterocycles. The molecule has 0 unspecified atom stereocenters. The minimum atomic E-state index is -0.383. The largest absolute Gasteiger partial charge is 0.381 e. The number of carbonyl (C=O) groups is 1. The molecule has 1 aliphatic rings. The molecule has 0 spiro atoms. The Morgan fingerprint density at radius 2 is 2.13 bits per heavy atom. The molecule has 0 aromatic carbocycles. The summed E-state index contributed by atoms with van der Waals surface area (Å²) in [4.78, 5) is 12.0. The van der Waals surface area contributed by atoms with Crippen molar-refractivity contribution in [2.75, 3.05) is 33.0 Å². The molecule has 0 aromatic rings. The van der Waals surface area contributed by atoms with Crippen LogP contribution in [0.1, 0.15) is 26.2 Å². The maximum atomic E-state index is 12.0. The third-order valence-corrected chi connectivity index (χ3v) is 3.01. The Bertz CT molecular complexity index is 200. The van der Waals surface area contributed by atoms with Crippen molar-refractivity contribution in [3.8, 4) is 0 Å². The Balaban J connectivity index is 2.45. The third kappa shape index (κ3) is 3.26. The van der Waals surface area contributed by atoms with Gasteiger partial charge in [0.2, 0.25) is 0 Å². The lowest BCUT2D eigenvalue weighted by atomic mass is 9.76. The molecule has 1 saturated heterocycles. The van der Waals surface area contributed by atoms with Gasteiger partial charge in [-0.15, -0.1) is 0 Å². The van der Waals surface area contributed by atoms with Crippen molar-refractivity contribution in [3.63, 3.8) is 0 Å². The fourth-order valence-corrected chi connectivity index (χ4v) is 1.82. The average Bonchev–Trinajstić information content (AvgIpc) is 2.30. The lowest BCUT2D eigenvalue weighted by molar-refractivity contribution is -0.138. The summed E-state index contributed by atoms with van der Waals surface area (Å²) in [5.74, 6) is 0.141. The van der Waals surface area contributed by atoms with Crippen LogP contribution < -0.4 is 5.73 Å². The normalized spacial score (nSPS) is 20.1. The van der Waals surface area contributed by atoms with Crippen molar-refractivity contribution in [1.29, 1.82) is 0 Å². The highest BCUT2D eigenvalue weighted by Crippen LogP contribution is 2.30. The molecule has 0 saturated carbocycles. The summed E-state index contributed by atoms with van der Waals surface area (Å²) in [5, 5.41) is 0. The fraction of sp³-hybridized carbons (Fsp3) is 0.909. The predicted molar refractivity (Wildman–Crippen MR) is 57.7 cm³/mol. The van der Waals surface area contributed by atoms with Crippen LogP contribution in [0.25, 0.3) is 0 Å². The van der Waals surface area contributed by atoms with Crippen LogP contribution in [0, 0.1) is 5.41 Å². The highest BCUT2D eigenvalue weighted by atomic mass is 16.5. The minimum Gasteiger partial charge on any atom is -0.381 e. The highest BCUT2D eigenvalue weighted by molar-refractivity contribution is 5.86. The van der Waals surface area contributed by atoms with Crippen molar-refractivity contribution in [3.05, 3.63) is 0 Å². The smallest absolute Gasteiger partial charge is 0.166 e. The Kier molecular flexibility index (Phi) is 5.22. The van der Waals surface area contributed by atoms with Gasteiger partial charge >= 0.3 is 0 Å². The van der Waals surface area contributed by atoms with Crippen LogP contribution in [0.5, 0.6) is 0 Å². The van der Waals surface area contributed by atoms with Gasteiger partial charge in [0.05, 0.1) is 0 Å². The zero-order valence-corrected chi connectivity index (χ0v) is 9.46. The van der Waals surface area contributed by atoms with Gasteiger partial charge in [-0.1, -0.05) is 6.92 Å². The summed E-state index contributed by atoms with van der Waals surface area (Å²) in [6.07, 6.45) is 2.40. The first kappa shape index (κ1) is 12.6. The van der Waals surface area contributed by atoms with Crippen LogP contribution in [0.3, 0.4) is 0 Å². The number of nitrogens with two attached hydrogens (primary N) is 1. The van der Waals surface area contributed by atoms with E-state index in [2.05, 4.69) is 0 Å². The molecule has 1 aliphatic heterocycles. The van der Waals surface area contributed by atoms with E-state index in [4.69, 9.17) is 15.2 Å². The van der Waals surface area contributed by atoms with Gasteiger partial charge in [0.1, 0.15) is 6.61 Å². The van der Waals surface area contributed by atoms with E-state index < -0.39 is 0 Å². The zero-order chi connectivity index (χ0) is 11.1. The van der Waals surface area contributed by atoms with Gasteiger partial charge < -0.3 is 15.2 Å². The highest BCUT2D eigenvalue weighted by Gasteiger charge is 2.38. The molecule has 0 radical (unpaired) electrons. The second-order valence-electron chi connectivity index (χ2n) is 4.07. The first-order chi connectivity index (χ1) is 7.25. The first-order valence-corrected chi connectivity index (χ1v) is 5.64. The topological polar surface area (TPSA) is 61.5 Å². The van der Waals surface area contributed by atoms with Crippen molar-refractivity contribution in [1.82, 2.24) is 0 Å². The Hall–Kier alpha value is -0.450. The number of carbonyl (C=O) groups excluding carboxylic acids is 1. The van der Waals surface area contributed by atoms with Gasteiger partial charge in [0.25, 0.3) is 0 Å². The summed E-state index contributed by atoms with van der Waals surface area (Å²) < 4.78 is 10.5. The molecule has 0 atom stereocenters. The van der Waals surface area contributed by atoms with Gasteiger partial charge in [-0.25, -0.2) is 0 Å². The number of ketones is 1. The summed E-state index contributed by atoms with van der Waals surface area (Å²) in [6, 6.07) is 0. The summed E-state index contributed by atoms with van der Waals surface area (Å²) in [7, 11) is 0. The maximum absolute atomic E-state index is 12.0. The molecule has 0 amide bonds. The molecule has 15 heavy (non-hydrogen) atoms. The standard InChI is InChI=1S/C11H21NO3/c1-2-5-15-8-10(13)11(9-12)3-6-14-7-4-11/h2-9,12H2,1H3. The molecular weight excluding hydrogens is 194 g/mol. The van der Waals surface area contributed by atoms with Crippen LogP contribution in [0.15, 0.2) is 0 Å². The van der Waals surface area contributed by atoms with E-state index in [0.29, 0.717) is 26.4 Å². The van der Waals surface area contributed by atoms with Crippen LogP contribution in [-0.2, 0) is 14.3 Å². The lowest BCUT2D eigenvalue weighted by Crippen LogP contribution is -2.45. The molecule has 0 aliphatic carbocycles. The Morgan fingerprint density at radius 3 is 2.67 bits per heavy atom. The van der Waals surface area contributed by atoms with Crippen molar-refractivity contribution < 1.29 is 14.3 Å². The minimum absolute atomic E-state index is 0.141. The van der Waals surface area contributed by atoms with Crippen LogP contribution >= 0.6 is 0 Å². The molecule has 2 N–H and O–H groups in total. The van der Waals surface area contributed by atoms with Gasteiger partial charge in [0.15, 0.2) is 5.78 Å². The maximum Gasteiger partial charge on any atom is 0.166 e.